The summed E-state index contributed by atoms with van der Waals surface area (Å²) in [5.74, 6) is 1.36. The number of nitrogens with zero attached hydrogens (tertiary/aromatic N) is 1. The van der Waals surface area contributed by atoms with Gasteiger partial charge in [0.1, 0.15) is 0 Å². The summed E-state index contributed by atoms with van der Waals surface area (Å²) < 4.78 is 0. The Morgan fingerprint density at radius 1 is 1.17 bits per heavy atom. The van der Waals surface area contributed by atoms with Crippen LogP contribution in [0.4, 0.5) is 0 Å². The van der Waals surface area contributed by atoms with Gasteiger partial charge in [0, 0.05) is 24.5 Å². The number of carbonyl (C=O) groups is 1. The topological polar surface area (TPSA) is 46.3 Å². The van der Waals surface area contributed by atoms with Crippen LogP contribution in [-0.2, 0) is 4.79 Å². The third-order valence-electron chi connectivity index (χ3n) is 4.34. The van der Waals surface area contributed by atoms with Crippen molar-refractivity contribution in [2.45, 2.75) is 70.9 Å². The second kappa shape index (κ2) is 6.05. The van der Waals surface area contributed by atoms with Crippen LogP contribution in [0.3, 0.4) is 0 Å². The number of hydrogen-bond acceptors (Lipinski definition) is 2. The molecule has 3 nitrogen and oxygen atoms in total. The van der Waals surface area contributed by atoms with Crippen molar-refractivity contribution in [3.63, 3.8) is 0 Å². The Kier molecular flexibility index (Phi) is 4.66. The van der Waals surface area contributed by atoms with E-state index in [0.29, 0.717) is 23.9 Å². The number of rotatable bonds is 5. The van der Waals surface area contributed by atoms with E-state index < -0.39 is 0 Å². The van der Waals surface area contributed by atoms with Crippen molar-refractivity contribution < 1.29 is 4.79 Å². The number of amides is 1. The molecule has 18 heavy (non-hydrogen) atoms. The quantitative estimate of drug-likeness (QED) is 0.817. The van der Waals surface area contributed by atoms with Gasteiger partial charge in [-0.15, -0.1) is 0 Å². The molecule has 2 aliphatic carbocycles. The zero-order valence-corrected chi connectivity index (χ0v) is 11.9. The fourth-order valence-electron chi connectivity index (χ4n) is 2.86. The lowest BCUT2D eigenvalue weighted by Gasteiger charge is -2.31. The van der Waals surface area contributed by atoms with E-state index in [-0.39, 0.29) is 5.92 Å². The first-order valence-corrected chi connectivity index (χ1v) is 7.64. The first-order valence-electron chi connectivity index (χ1n) is 7.64. The molecule has 2 aliphatic rings. The molecule has 2 N–H and O–H groups in total. The smallest absolute Gasteiger partial charge is 0.225 e. The minimum absolute atomic E-state index is 0.262. The third-order valence-corrected chi connectivity index (χ3v) is 4.34. The fraction of sp³-hybridized carbons (Fsp3) is 0.933. The molecule has 2 rings (SSSR count). The maximum absolute atomic E-state index is 12.6. The standard InChI is InChI=1S/C15H28N2O/c1-11(2)9-10-17(14-7-8-14)15(18)12-3-5-13(16)6-4-12/h11-14H,3-10,16H2,1-2H3. The van der Waals surface area contributed by atoms with E-state index in [1.807, 2.05) is 0 Å². The molecule has 0 aromatic heterocycles. The lowest BCUT2D eigenvalue weighted by Crippen LogP contribution is -2.41. The van der Waals surface area contributed by atoms with Gasteiger partial charge in [-0.3, -0.25) is 4.79 Å². The Labute approximate surface area is 111 Å². The first kappa shape index (κ1) is 13.9. The van der Waals surface area contributed by atoms with Crippen LogP contribution in [0.2, 0.25) is 0 Å². The van der Waals surface area contributed by atoms with E-state index >= 15 is 0 Å². The predicted octanol–water partition coefficient (Wildman–Crippen LogP) is 2.54. The van der Waals surface area contributed by atoms with Gasteiger partial charge in [-0.1, -0.05) is 13.8 Å². The molecule has 0 atom stereocenters. The van der Waals surface area contributed by atoms with E-state index in [0.717, 1.165) is 38.6 Å². The Morgan fingerprint density at radius 2 is 1.78 bits per heavy atom. The van der Waals surface area contributed by atoms with Gasteiger partial charge in [-0.05, 0) is 50.9 Å². The highest BCUT2D eigenvalue weighted by molar-refractivity contribution is 5.79. The molecule has 104 valence electrons. The fourth-order valence-corrected chi connectivity index (χ4v) is 2.86. The van der Waals surface area contributed by atoms with Crippen LogP contribution < -0.4 is 5.73 Å². The van der Waals surface area contributed by atoms with Crippen molar-refractivity contribution in [1.82, 2.24) is 4.90 Å². The van der Waals surface area contributed by atoms with E-state index in [4.69, 9.17) is 5.73 Å². The highest BCUT2D eigenvalue weighted by Gasteiger charge is 2.36. The zero-order chi connectivity index (χ0) is 13.1. The summed E-state index contributed by atoms with van der Waals surface area (Å²) in [5.41, 5.74) is 5.92. The summed E-state index contributed by atoms with van der Waals surface area (Å²) >= 11 is 0. The minimum atomic E-state index is 0.262. The molecule has 0 unspecified atom stereocenters. The van der Waals surface area contributed by atoms with E-state index in [1.54, 1.807) is 0 Å². The van der Waals surface area contributed by atoms with Gasteiger partial charge in [0.15, 0.2) is 0 Å². The molecular formula is C15H28N2O. The van der Waals surface area contributed by atoms with Gasteiger partial charge in [-0.2, -0.15) is 0 Å². The monoisotopic (exact) mass is 252 g/mol. The van der Waals surface area contributed by atoms with Gasteiger partial charge in [0.05, 0.1) is 0 Å². The number of nitrogens with two attached hydrogens (primary N) is 1. The second-order valence-corrected chi connectivity index (χ2v) is 6.56. The average molecular weight is 252 g/mol. The lowest BCUT2D eigenvalue weighted by molar-refractivity contribution is -0.137. The van der Waals surface area contributed by atoms with Crippen LogP contribution in [0.1, 0.15) is 58.8 Å². The van der Waals surface area contributed by atoms with Crippen molar-refractivity contribution in [3.8, 4) is 0 Å². The van der Waals surface area contributed by atoms with Crippen molar-refractivity contribution in [2.75, 3.05) is 6.54 Å². The highest BCUT2D eigenvalue weighted by atomic mass is 16.2. The van der Waals surface area contributed by atoms with Crippen molar-refractivity contribution in [3.05, 3.63) is 0 Å². The third kappa shape index (κ3) is 3.71. The average Bonchev–Trinajstić information content (AvgIpc) is 3.14. The summed E-state index contributed by atoms with van der Waals surface area (Å²) in [6, 6.07) is 0.894. The van der Waals surface area contributed by atoms with Crippen LogP contribution in [0.15, 0.2) is 0 Å². The highest BCUT2D eigenvalue weighted by Crippen LogP contribution is 2.32. The molecule has 0 aromatic rings. The molecule has 0 spiro atoms. The van der Waals surface area contributed by atoms with Gasteiger partial charge in [0.2, 0.25) is 5.91 Å². The van der Waals surface area contributed by atoms with Crippen molar-refractivity contribution >= 4 is 5.91 Å². The van der Waals surface area contributed by atoms with Crippen molar-refractivity contribution in [2.24, 2.45) is 17.6 Å². The molecular weight excluding hydrogens is 224 g/mol. The van der Waals surface area contributed by atoms with E-state index in [1.165, 1.54) is 12.8 Å². The van der Waals surface area contributed by atoms with Crippen LogP contribution >= 0.6 is 0 Å². The molecule has 0 aliphatic heterocycles. The van der Waals surface area contributed by atoms with Gasteiger partial charge >= 0.3 is 0 Å². The molecule has 0 aromatic carbocycles. The maximum Gasteiger partial charge on any atom is 0.225 e. The molecule has 2 fully saturated rings. The molecule has 0 heterocycles. The van der Waals surface area contributed by atoms with Crippen LogP contribution in [0.25, 0.3) is 0 Å². The summed E-state index contributed by atoms with van der Waals surface area (Å²) in [6.07, 6.45) is 7.63. The Balaban J connectivity index is 1.87. The van der Waals surface area contributed by atoms with E-state index in [2.05, 4.69) is 18.7 Å². The predicted molar refractivity (Wildman–Crippen MR) is 74.1 cm³/mol. The number of carbonyl (C=O) groups excluding carboxylic acids is 1. The largest absolute Gasteiger partial charge is 0.339 e. The van der Waals surface area contributed by atoms with E-state index in [9.17, 15) is 4.79 Å². The minimum Gasteiger partial charge on any atom is -0.339 e. The zero-order valence-electron chi connectivity index (χ0n) is 11.9. The molecule has 1 amide bonds. The normalized spacial score (nSPS) is 28.4. The van der Waals surface area contributed by atoms with Gasteiger partial charge in [-0.25, -0.2) is 0 Å². The maximum atomic E-state index is 12.6. The SMILES string of the molecule is CC(C)CCN(C(=O)C1CCC(N)CC1)C1CC1. The summed E-state index contributed by atoms with van der Waals surface area (Å²) in [7, 11) is 0. The van der Waals surface area contributed by atoms with Crippen LogP contribution in [0.5, 0.6) is 0 Å². The first-order chi connectivity index (χ1) is 8.58. The van der Waals surface area contributed by atoms with Crippen molar-refractivity contribution in [1.29, 1.82) is 0 Å². The molecule has 0 saturated heterocycles. The van der Waals surface area contributed by atoms with Gasteiger partial charge < -0.3 is 10.6 Å². The summed E-state index contributed by atoms with van der Waals surface area (Å²) in [4.78, 5) is 14.8. The molecule has 0 bridgehead atoms. The van der Waals surface area contributed by atoms with Gasteiger partial charge in [0.25, 0.3) is 0 Å². The van der Waals surface area contributed by atoms with Crippen LogP contribution in [0, 0.1) is 11.8 Å². The summed E-state index contributed by atoms with van der Waals surface area (Å²) in [5, 5.41) is 0. The number of hydrogen-bond donors (Lipinski definition) is 1. The lowest BCUT2D eigenvalue weighted by atomic mass is 9.85. The van der Waals surface area contributed by atoms with Crippen LogP contribution in [-0.4, -0.2) is 29.4 Å². The summed E-state index contributed by atoms with van der Waals surface area (Å²) in [6.45, 7) is 5.42. The Morgan fingerprint density at radius 3 is 2.28 bits per heavy atom. The molecule has 2 saturated carbocycles. The second-order valence-electron chi connectivity index (χ2n) is 6.56. The molecule has 0 radical (unpaired) electrons. The Hall–Kier alpha value is -0.570. The molecule has 3 heteroatoms. The Bertz CT molecular complexity index is 278.